The Balaban J connectivity index is 2.41. The van der Waals surface area contributed by atoms with E-state index in [1.165, 1.54) is 34.5 Å². The molecule has 3 rings (SSSR count). The molecule has 0 amide bonds. The Labute approximate surface area is 170 Å². The van der Waals surface area contributed by atoms with Gasteiger partial charge in [0.25, 0.3) is 0 Å². The van der Waals surface area contributed by atoms with E-state index >= 15 is 0 Å². The smallest absolute Gasteiger partial charge is 0.348 e. The molecule has 0 radical (unpaired) electrons. The third-order valence-corrected chi connectivity index (χ3v) is 4.56. The first kappa shape index (κ1) is 20.7. The van der Waals surface area contributed by atoms with Crippen LogP contribution in [0.4, 0.5) is 0 Å². The SMILES string of the molecule is COc1ccc(-c2c(O)c3c(OC)c(OC)c(OC)cc3oc2=O)c(CN=[N+]=[N-])c1. The van der Waals surface area contributed by atoms with E-state index in [1.807, 2.05) is 0 Å². The minimum absolute atomic E-state index is 0.0563. The average Bonchev–Trinajstić information content (AvgIpc) is 2.76. The second-order valence-corrected chi connectivity index (χ2v) is 6.04. The van der Waals surface area contributed by atoms with Gasteiger partial charge in [-0.3, -0.25) is 0 Å². The van der Waals surface area contributed by atoms with Crippen LogP contribution in [0.2, 0.25) is 0 Å². The number of rotatable bonds is 7. The largest absolute Gasteiger partial charge is 0.506 e. The van der Waals surface area contributed by atoms with Crippen molar-refractivity contribution in [2.75, 3.05) is 28.4 Å². The van der Waals surface area contributed by atoms with Gasteiger partial charge in [0.15, 0.2) is 11.5 Å². The zero-order chi connectivity index (χ0) is 21.8. The molecule has 2 aromatic carbocycles. The number of aromatic hydroxyl groups is 1. The zero-order valence-electron chi connectivity index (χ0n) is 16.8. The van der Waals surface area contributed by atoms with Gasteiger partial charge in [-0.2, -0.15) is 0 Å². The van der Waals surface area contributed by atoms with Crippen LogP contribution in [0, 0.1) is 0 Å². The van der Waals surface area contributed by atoms with E-state index in [2.05, 4.69) is 10.0 Å². The van der Waals surface area contributed by atoms with Crippen molar-refractivity contribution in [2.45, 2.75) is 6.54 Å². The standard InChI is InChI=1S/C20H19N3O7/c1-26-11-5-6-12(10(7-11)9-22-23-21)15-17(24)16-13(30-20(15)25)8-14(27-2)18(28-3)19(16)29-4/h5-8,24H,9H2,1-4H3. The van der Waals surface area contributed by atoms with Crippen LogP contribution in [0.3, 0.4) is 0 Å². The molecule has 3 aromatic rings. The number of benzene rings is 2. The Kier molecular flexibility index (Phi) is 5.89. The second-order valence-electron chi connectivity index (χ2n) is 6.04. The molecule has 0 saturated heterocycles. The van der Waals surface area contributed by atoms with Gasteiger partial charge in [-0.15, -0.1) is 0 Å². The van der Waals surface area contributed by atoms with Crippen LogP contribution in [0.25, 0.3) is 32.5 Å². The first-order valence-corrected chi connectivity index (χ1v) is 8.67. The van der Waals surface area contributed by atoms with Crippen LogP contribution >= 0.6 is 0 Å². The van der Waals surface area contributed by atoms with E-state index in [0.717, 1.165) is 0 Å². The lowest BCUT2D eigenvalue weighted by Crippen LogP contribution is -2.07. The van der Waals surface area contributed by atoms with E-state index in [0.29, 0.717) is 16.9 Å². The van der Waals surface area contributed by atoms with Gasteiger partial charge >= 0.3 is 5.63 Å². The predicted molar refractivity (Wildman–Crippen MR) is 109 cm³/mol. The van der Waals surface area contributed by atoms with Crippen molar-refractivity contribution in [1.29, 1.82) is 0 Å². The molecule has 0 saturated carbocycles. The summed E-state index contributed by atoms with van der Waals surface area (Å²) in [5, 5.41) is 14.8. The van der Waals surface area contributed by atoms with Crippen molar-refractivity contribution in [3.8, 4) is 39.9 Å². The fourth-order valence-electron chi connectivity index (χ4n) is 3.23. The van der Waals surface area contributed by atoms with Gasteiger partial charge < -0.3 is 28.5 Å². The highest BCUT2D eigenvalue weighted by atomic mass is 16.5. The molecule has 0 unspecified atom stereocenters. The van der Waals surface area contributed by atoms with Gasteiger partial charge in [0.2, 0.25) is 5.75 Å². The van der Waals surface area contributed by atoms with E-state index < -0.39 is 5.63 Å². The minimum atomic E-state index is -0.790. The van der Waals surface area contributed by atoms with Crippen molar-refractivity contribution in [3.63, 3.8) is 0 Å². The van der Waals surface area contributed by atoms with E-state index in [4.69, 9.17) is 28.9 Å². The zero-order valence-corrected chi connectivity index (χ0v) is 16.8. The third-order valence-electron chi connectivity index (χ3n) is 4.56. The van der Waals surface area contributed by atoms with E-state index in [1.54, 1.807) is 18.2 Å². The molecule has 0 aliphatic rings. The summed E-state index contributed by atoms with van der Waals surface area (Å²) in [6, 6.07) is 6.23. The highest BCUT2D eigenvalue weighted by molar-refractivity contribution is 5.98. The Hall–Kier alpha value is -4.04. The maximum Gasteiger partial charge on any atom is 0.348 e. The second kappa shape index (κ2) is 8.54. The van der Waals surface area contributed by atoms with Crippen LogP contribution in [-0.4, -0.2) is 33.5 Å². The summed E-state index contributed by atoms with van der Waals surface area (Å²) >= 11 is 0. The summed E-state index contributed by atoms with van der Waals surface area (Å²) in [7, 11) is 5.72. The van der Waals surface area contributed by atoms with Crippen LogP contribution < -0.4 is 24.6 Å². The van der Waals surface area contributed by atoms with Crippen molar-refractivity contribution in [1.82, 2.24) is 0 Å². The Morgan fingerprint density at radius 1 is 1.07 bits per heavy atom. The molecule has 0 spiro atoms. The Morgan fingerprint density at radius 2 is 1.80 bits per heavy atom. The number of ether oxygens (including phenoxy) is 4. The molecular weight excluding hydrogens is 394 g/mol. The average molecular weight is 413 g/mol. The number of methoxy groups -OCH3 is 4. The normalized spacial score (nSPS) is 10.4. The highest BCUT2D eigenvalue weighted by Gasteiger charge is 2.25. The first-order valence-electron chi connectivity index (χ1n) is 8.67. The number of hydrogen-bond donors (Lipinski definition) is 1. The summed E-state index contributed by atoms with van der Waals surface area (Å²) < 4.78 is 26.7. The van der Waals surface area contributed by atoms with Gasteiger partial charge in [-0.05, 0) is 28.8 Å². The molecular formula is C20H19N3O7. The lowest BCUT2D eigenvalue weighted by atomic mass is 9.98. The lowest BCUT2D eigenvalue weighted by molar-refractivity contribution is 0.325. The molecule has 0 atom stereocenters. The summed E-state index contributed by atoms with van der Waals surface area (Å²) in [5.74, 6) is 0.763. The third kappa shape index (κ3) is 3.40. The van der Waals surface area contributed by atoms with Crippen LogP contribution in [0.15, 0.2) is 38.6 Å². The van der Waals surface area contributed by atoms with E-state index in [-0.39, 0.29) is 46.1 Å². The molecule has 10 heteroatoms. The van der Waals surface area contributed by atoms with Gasteiger partial charge in [0.1, 0.15) is 28.0 Å². The molecule has 1 aromatic heterocycles. The number of nitrogens with zero attached hydrogens (tertiary/aromatic N) is 3. The monoisotopic (exact) mass is 413 g/mol. The molecule has 1 N–H and O–H groups in total. The minimum Gasteiger partial charge on any atom is -0.506 e. The Morgan fingerprint density at radius 3 is 2.40 bits per heavy atom. The number of hydrogen-bond acceptors (Lipinski definition) is 8. The van der Waals surface area contributed by atoms with Crippen LogP contribution in [0.1, 0.15) is 5.56 Å². The summed E-state index contributed by atoms with van der Waals surface area (Å²) in [5.41, 5.74) is 8.64. The molecule has 1 heterocycles. The molecule has 30 heavy (non-hydrogen) atoms. The fraction of sp³-hybridized carbons (Fsp3) is 0.250. The summed E-state index contributed by atoms with van der Waals surface area (Å²) in [6.45, 7) is -0.0664. The molecule has 10 nitrogen and oxygen atoms in total. The van der Waals surface area contributed by atoms with Crippen molar-refractivity contribution < 1.29 is 28.5 Å². The highest BCUT2D eigenvalue weighted by Crippen LogP contribution is 2.48. The molecule has 156 valence electrons. The maximum atomic E-state index is 12.8. The van der Waals surface area contributed by atoms with Crippen molar-refractivity contribution in [2.24, 2.45) is 5.11 Å². The molecule has 0 fully saturated rings. The number of fused-ring (bicyclic) bond motifs is 1. The van der Waals surface area contributed by atoms with Crippen molar-refractivity contribution in [3.05, 3.63) is 50.7 Å². The van der Waals surface area contributed by atoms with Gasteiger partial charge in [-0.25, -0.2) is 4.79 Å². The molecule has 0 bridgehead atoms. The fourth-order valence-corrected chi connectivity index (χ4v) is 3.23. The molecule has 0 aliphatic carbocycles. The van der Waals surface area contributed by atoms with Crippen LogP contribution in [-0.2, 0) is 6.54 Å². The quantitative estimate of drug-likeness (QED) is 0.267. The topological polar surface area (TPSA) is 136 Å². The maximum absolute atomic E-state index is 12.8. The Bertz CT molecular complexity index is 1210. The van der Waals surface area contributed by atoms with Crippen LogP contribution in [0.5, 0.6) is 28.7 Å². The predicted octanol–water partition coefficient (Wildman–Crippen LogP) is 4.01. The lowest BCUT2D eigenvalue weighted by Gasteiger charge is -2.16. The van der Waals surface area contributed by atoms with E-state index in [9.17, 15) is 9.90 Å². The van der Waals surface area contributed by atoms with Gasteiger partial charge in [0, 0.05) is 11.0 Å². The summed E-state index contributed by atoms with van der Waals surface area (Å²) in [4.78, 5) is 15.6. The number of azide groups is 1. The van der Waals surface area contributed by atoms with Gasteiger partial charge in [0.05, 0.1) is 35.0 Å². The van der Waals surface area contributed by atoms with Crippen molar-refractivity contribution >= 4 is 11.0 Å². The summed E-state index contributed by atoms with van der Waals surface area (Å²) in [6.07, 6.45) is 0. The van der Waals surface area contributed by atoms with Gasteiger partial charge in [-0.1, -0.05) is 11.2 Å². The first-order chi connectivity index (χ1) is 14.5. The molecule has 0 aliphatic heterocycles.